The monoisotopic (exact) mass is 307 g/mol. The van der Waals surface area contributed by atoms with Crippen LogP contribution in [-0.2, 0) is 17.0 Å². The predicted octanol–water partition coefficient (Wildman–Crippen LogP) is 3.99. The molecule has 1 N–H and O–H groups in total. The molecule has 0 atom stereocenters. The summed E-state index contributed by atoms with van der Waals surface area (Å²) in [6.07, 6.45) is 0.0630. The molecule has 1 aromatic carbocycles. The van der Waals surface area contributed by atoms with Crippen molar-refractivity contribution in [3.8, 4) is 0 Å². The molecule has 1 heterocycles. The van der Waals surface area contributed by atoms with Gasteiger partial charge in [0, 0.05) is 10.6 Å². The Morgan fingerprint density at radius 3 is 2.80 bits per heavy atom. The van der Waals surface area contributed by atoms with Crippen LogP contribution >= 0.6 is 23.1 Å². The van der Waals surface area contributed by atoms with Gasteiger partial charge in [-0.25, -0.2) is 4.98 Å². The first-order chi connectivity index (χ1) is 9.45. The number of aromatic nitrogens is 1. The number of carbonyl (C=O) groups is 1. The van der Waals surface area contributed by atoms with E-state index < -0.39 is 5.97 Å². The fraction of sp³-hybridized carbons (Fsp3) is 0.333. The molecule has 2 rings (SSSR count). The molecule has 0 radical (unpaired) electrons. The predicted molar refractivity (Wildman–Crippen MR) is 83.7 cm³/mol. The van der Waals surface area contributed by atoms with Crippen LogP contribution in [0.25, 0.3) is 0 Å². The van der Waals surface area contributed by atoms with E-state index in [1.807, 2.05) is 6.92 Å². The number of aryl methyl sites for hydroxylation is 3. The van der Waals surface area contributed by atoms with E-state index in [4.69, 9.17) is 5.11 Å². The normalized spacial score (nSPS) is 10.8. The Labute approximate surface area is 127 Å². The number of benzene rings is 1. The largest absolute Gasteiger partial charge is 0.481 e. The fourth-order valence-corrected chi connectivity index (χ4v) is 4.15. The van der Waals surface area contributed by atoms with E-state index >= 15 is 0 Å². The number of carboxylic acids is 1. The smallest absolute Gasteiger partial charge is 0.308 e. The number of hydrogen-bond acceptors (Lipinski definition) is 4. The quantitative estimate of drug-likeness (QED) is 0.849. The number of thioether (sulfide) groups is 1. The van der Waals surface area contributed by atoms with Crippen LogP contribution in [0.4, 0.5) is 0 Å². The minimum absolute atomic E-state index is 0.0630. The summed E-state index contributed by atoms with van der Waals surface area (Å²) in [6, 6.07) is 6.44. The highest BCUT2D eigenvalue weighted by atomic mass is 32.2. The number of hydrogen-bond donors (Lipinski definition) is 1. The van der Waals surface area contributed by atoms with Crippen LogP contribution in [0.2, 0.25) is 0 Å². The molecule has 0 bridgehead atoms. The lowest BCUT2D eigenvalue weighted by molar-refractivity contribution is -0.136. The van der Waals surface area contributed by atoms with Gasteiger partial charge in [-0.2, -0.15) is 0 Å². The van der Waals surface area contributed by atoms with E-state index in [0.29, 0.717) is 0 Å². The topological polar surface area (TPSA) is 50.2 Å². The molecule has 0 unspecified atom stereocenters. The molecule has 5 heteroatoms. The van der Waals surface area contributed by atoms with Gasteiger partial charge >= 0.3 is 5.97 Å². The second-order valence-electron chi connectivity index (χ2n) is 4.78. The molecule has 0 amide bonds. The first kappa shape index (κ1) is 15.1. The Morgan fingerprint density at radius 2 is 2.10 bits per heavy atom. The van der Waals surface area contributed by atoms with Crippen molar-refractivity contribution in [2.24, 2.45) is 0 Å². The van der Waals surface area contributed by atoms with Crippen molar-refractivity contribution in [1.29, 1.82) is 0 Å². The number of aliphatic carboxylic acids is 1. The van der Waals surface area contributed by atoms with Crippen molar-refractivity contribution in [3.05, 3.63) is 45.5 Å². The molecular weight excluding hydrogens is 290 g/mol. The van der Waals surface area contributed by atoms with Crippen molar-refractivity contribution in [2.45, 2.75) is 37.3 Å². The summed E-state index contributed by atoms with van der Waals surface area (Å²) in [7, 11) is 0. The van der Waals surface area contributed by atoms with Crippen molar-refractivity contribution in [1.82, 2.24) is 4.98 Å². The number of nitrogens with zero attached hydrogens (tertiary/aromatic N) is 1. The highest BCUT2D eigenvalue weighted by Gasteiger charge is 2.11. The zero-order chi connectivity index (χ0) is 14.7. The summed E-state index contributed by atoms with van der Waals surface area (Å²) >= 11 is 3.16. The average molecular weight is 307 g/mol. The van der Waals surface area contributed by atoms with Crippen LogP contribution in [0.5, 0.6) is 0 Å². The maximum atomic E-state index is 10.8. The Bertz CT molecular complexity index is 635. The SMILES string of the molecule is Cc1ccc(C)c(CSc2nc(C)c(CC(=O)O)s2)c1. The molecular formula is C15H17NO2S2. The second-order valence-corrected chi connectivity index (χ2v) is 7.08. The standard InChI is InChI=1S/C15H17NO2S2/c1-9-4-5-10(2)12(6-9)8-19-15-16-11(3)13(20-15)7-14(17)18/h4-6H,7-8H2,1-3H3,(H,17,18). The van der Waals surface area contributed by atoms with Crippen molar-refractivity contribution >= 4 is 29.1 Å². The Hall–Kier alpha value is -1.33. The van der Waals surface area contributed by atoms with E-state index in [1.165, 1.54) is 28.0 Å². The van der Waals surface area contributed by atoms with E-state index in [-0.39, 0.29) is 6.42 Å². The van der Waals surface area contributed by atoms with Gasteiger partial charge in [0.25, 0.3) is 0 Å². The summed E-state index contributed by atoms with van der Waals surface area (Å²) in [4.78, 5) is 16.1. The highest BCUT2D eigenvalue weighted by Crippen LogP contribution is 2.30. The molecule has 0 aliphatic carbocycles. The molecule has 1 aromatic heterocycles. The Morgan fingerprint density at radius 1 is 1.35 bits per heavy atom. The van der Waals surface area contributed by atoms with Crippen LogP contribution in [0.3, 0.4) is 0 Å². The van der Waals surface area contributed by atoms with Gasteiger partial charge in [0.15, 0.2) is 4.34 Å². The molecule has 0 spiro atoms. The van der Waals surface area contributed by atoms with E-state index in [2.05, 4.69) is 37.0 Å². The van der Waals surface area contributed by atoms with Crippen LogP contribution < -0.4 is 0 Å². The van der Waals surface area contributed by atoms with Crippen molar-refractivity contribution < 1.29 is 9.90 Å². The van der Waals surface area contributed by atoms with Crippen LogP contribution in [-0.4, -0.2) is 16.1 Å². The van der Waals surface area contributed by atoms with Gasteiger partial charge in [0.2, 0.25) is 0 Å². The summed E-state index contributed by atoms with van der Waals surface area (Å²) in [6.45, 7) is 6.07. The zero-order valence-corrected chi connectivity index (χ0v) is 13.4. The lowest BCUT2D eigenvalue weighted by Gasteiger charge is -2.05. The summed E-state index contributed by atoms with van der Waals surface area (Å²) < 4.78 is 0.944. The molecule has 0 aliphatic heterocycles. The average Bonchev–Trinajstić information content (AvgIpc) is 2.70. The van der Waals surface area contributed by atoms with Crippen LogP contribution in [0.1, 0.15) is 27.3 Å². The second kappa shape index (κ2) is 6.41. The first-order valence-corrected chi connectivity index (χ1v) is 8.13. The molecule has 0 fully saturated rings. The van der Waals surface area contributed by atoms with Gasteiger partial charge in [0.1, 0.15) is 0 Å². The lowest BCUT2D eigenvalue weighted by atomic mass is 10.1. The van der Waals surface area contributed by atoms with Crippen molar-refractivity contribution in [3.63, 3.8) is 0 Å². The minimum atomic E-state index is -0.803. The molecule has 3 nitrogen and oxygen atoms in total. The van der Waals surface area contributed by atoms with E-state index in [9.17, 15) is 4.79 Å². The third-order valence-electron chi connectivity index (χ3n) is 3.04. The molecule has 0 saturated heterocycles. The fourth-order valence-electron chi connectivity index (χ4n) is 1.86. The zero-order valence-electron chi connectivity index (χ0n) is 11.8. The summed E-state index contributed by atoms with van der Waals surface area (Å²) in [5, 5.41) is 8.85. The first-order valence-electron chi connectivity index (χ1n) is 6.32. The van der Waals surface area contributed by atoms with Gasteiger partial charge in [-0.05, 0) is 31.9 Å². The molecule has 0 saturated carbocycles. The van der Waals surface area contributed by atoms with Gasteiger partial charge < -0.3 is 5.11 Å². The van der Waals surface area contributed by atoms with E-state index in [1.54, 1.807) is 11.8 Å². The van der Waals surface area contributed by atoms with Crippen molar-refractivity contribution in [2.75, 3.05) is 0 Å². The Balaban J connectivity index is 2.07. The maximum absolute atomic E-state index is 10.8. The molecule has 2 aromatic rings. The van der Waals surface area contributed by atoms with Gasteiger partial charge in [0.05, 0.1) is 12.1 Å². The third kappa shape index (κ3) is 3.84. The van der Waals surface area contributed by atoms with Gasteiger partial charge in [-0.1, -0.05) is 35.5 Å². The number of thiazole rings is 1. The summed E-state index contributed by atoms with van der Waals surface area (Å²) in [5.74, 6) is 0.0651. The van der Waals surface area contributed by atoms with Crippen LogP contribution in [0, 0.1) is 20.8 Å². The van der Waals surface area contributed by atoms with Gasteiger partial charge in [-0.3, -0.25) is 4.79 Å². The van der Waals surface area contributed by atoms with E-state index in [0.717, 1.165) is 20.7 Å². The molecule has 20 heavy (non-hydrogen) atoms. The number of carboxylic acid groups (broad SMARTS) is 1. The lowest BCUT2D eigenvalue weighted by Crippen LogP contribution is -1.99. The minimum Gasteiger partial charge on any atom is -0.481 e. The van der Waals surface area contributed by atoms with Crippen LogP contribution in [0.15, 0.2) is 22.5 Å². The Kier molecular flexibility index (Phi) is 4.83. The summed E-state index contributed by atoms with van der Waals surface area (Å²) in [5.41, 5.74) is 4.68. The number of rotatable bonds is 5. The third-order valence-corrected chi connectivity index (χ3v) is 5.39. The maximum Gasteiger partial charge on any atom is 0.308 e. The molecule has 106 valence electrons. The van der Waals surface area contributed by atoms with Gasteiger partial charge in [-0.15, -0.1) is 11.3 Å². The molecule has 0 aliphatic rings. The highest BCUT2D eigenvalue weighted by molar-refractivity contribution is 8.00.